The maximum atomic E-state index is 12.5. The van der Waals surface area contributed by atoms with E-state index in [1.54, 1.807) is 30.6 Å². The third-order valence-electron chi connectivity index (χ3n) is 4.12. The van der Waals surface area contributed by atoms with Crippen molar-refractivity contribution in [3.8, 4) is 17.1 Å². The number of hydrogen-bond donors (Lipinski definition) is 1. The highest BCUT2D eigenvalue weighted by Gasteiger charge is 2.17. The average Bonchev–Trinajstić information content (AvgIpc) is 3.17. The van der Waals surface area contributed by atoms with Crippen molar-refractivity contribution in [1.82, 2.24) is 19.7 Å². The van der Waals surface area contributed by atoms with Gasteiger partial charge in [0.05, 0.1) is 5.75 Å². The van der Waals surface area contributed by atoms with Crippen LogP contribution in [0.4, 0.5) is 5.69 Å². The van der Waals surface area contributed by atoms with Crippen molar-refractivity contribution in [2.45, 2.75) is 5.16 Å². The van der Waals surface area contributed by atoms with E-state index in [-0.39, 0.29) is 11.7 Å². The highest BCUT2D eigenvalue weighted by Crippen LogP contribution is 2.29. The molecule has 0 unspecified atom stereocenters. The van der Waals surface area contributed by atoms with Crippen LogP contribution in [0.2, 0.25) is 10.0 Å². The van der Waals surface area contributed by atoms with Crippen LogP contribution in [-0.2, 0) is 4.79 Å². The molecule has 0 saturated carbocycles. The monoisotopic (exact) mass is 533 g/mol. The standard InChI is InChI=1S/C21H14BrCl2N5OS/c22-14-3-5-18(6-4-14)29-20(13-2-1-7-25-11-13)27-28-21(29)31-12-19(30)26-17-9-15(23)8-16(24)10-17/h1-11H,12H2,(H,26,30). The number of hydrogen-bond acceptors (Lipinski definition) is 5. The minimum absolute atomic E-state index is 0.131. The van der Waals surface area contributed by atoms with Gasteiger partial charge in [0.25, 0.3) is 0 Å². The van der Waals surface area contributed by atoms with E-state index < -0.39 is 0 Å². The average molecular weight is 535 g/mol. The zero-order valence-corrected chi connectivity index (χ0v) is 19.7. The number of aromatic nitrogens is 4. The number of nitrogens with one attached hydrogen (secondary N) is 1. The Hall–Kier alpha value is -2.39. The van der Waals surface area contributed by atoms with E-state index in [1.807, 2.05) is 41.0 Å². The number of carbonyl (C=O) groups is 1. The summed E-state index contributed by atoms with van der Waals surface area (Å²) in [4.78, 5) is 16.7. The molecule has 2 heterocycles. The Bertz CT molecular complexity index is 1200. The Kier molecular flexibility index (Phi) is 6.92. The van der Waals surface area contributed by atoms with Crippen molar-refractivity contribution in [2.75, 3.05) is 11.1 Å². The van der Waals surface area contributed by atoms with Crippen molar-refractivity contribution in [1.29, 1.82) is 0 Å². The lowest BCUT2D eigenvalue weighted by molar-refractivity contribution is -0.113. The summed E-state index contributed by atoms with van der Waals surface area (Å²) in [6.45, 7) is 0. The van der Waals surface area contributed by atoms with Crippen LogP contribution in [0.15, 0.2) is 76.6 Å². The first-order chi connectivity index (χ1) is 15.0. The molecule has 4 rings (SSSR count). The SMILES string of the molecule is O=C(CSc1nnc(-c2cccnc2)n1-c1ccc(Br)cc1)Nc1cc(Cl)cc(Cl)c1. The van der Waals surface area contributed by atoms with Crippen LogP contribution in [0.5, 0.6) is 0 Å². The lowest BCUT2D eigenvalue weighted by Crippen LogP contribution is -2.14. The number of anilines is 1. The number of nitrogens with zero attached hydrogens (tertiary/aromatic N) is 4. The quantitative estimate of drug-likeness (QED) is 0.301. The van der Waals surface area contributed by atoms with E-state index >= 15 is 0 Å². The fraction of sp³-hybridized carbons (Fsp3) is 0.0476. The van der Waals surface area contributed by atoms with Gasteiger partial charge in [-0.05, 0) is 54.6 Å². The Morgan fingerprint density at radius 2 is 1.81 bits per heavy atom. The van der Waals surface area contributed by atoms with Crippen LogP contribution in [0.1, 0.15) is 0 Å². The number of amides is 1. The Labute approximate surface area is 201 Å². The van der Waals surface area contributed by atoms with E-state index in [4.69, 9.17) is 23.2 Å². The van der Waals surface area contributed by atoms with E-state index in [9.17, 15) is 4.79 Å². The molecule has 4 aromatic rings. The summed E-state index contributed by atoms with van der Waals surface area (Å²) in [5.41, 5.74) is 2.23. The van der Waals surface area contributed by atoms with Crippen LogP contribution in [0, 0.1) is 0 Å². The second-order valence-corrected chi connectivity index (χ2v) is 9.09. The Morgan fingerprint density at radius 3 is 2.48 bits per heavy atom. The predicted molar refractivity (Wildman–Crippen MR) is 128 cm³/mol. The topological polar surface area (TPSA) is 72.7 Å². The minimum atomic E-state index is -0.211. The second-order valence-electron chi connectivity index (χ2n) is 6.35. The number of halogens is 3. The molecule has 2 aromatic carbocycles. The van der Waals surface area contributed by atoms with Crippen LogP contribution < -0.4 is 5.32 Å². The molecule has 0 fully saturated rings. The van der Waals surface area contributed by atoms with Gasteiger partial charge in [-0.3, -0.25) is 14.3 Å². The first-order valence-corrected chi connectivity index (χ1v) is 11.5. The number of benzene rings is 2. The highest BCUT2D eigenvalue weighted by atomic mass is 79.9. The summed E-state index contributed by atoms with van der Waals surface area (Å²) in [7, 11) is 0. The third-order valence-corrected chi connectivity index (χ3v) is 6.01. The largest absolute Gasteiger partial charge is 0.325 e. The molecule has 0 bridgehead atoms. The number of rotatable bonds is 6. The Morgan fingerprint density at radius 1 is 1.06 bits per heavy atom. The van der Waals surface area contributed by atoms with E-state index in [1.165, 1.54) is 11.8 Å². The molecule has 0 aliphatic carbocycles. The van der Waals surface area contributed by atoms with Gasteiger partial charge in [0.1, 0.15) is 0 Å². The van der Waals surface area contributed by atoms with Crippen molar-refractivity contribution < 1.29 is 4.79 Å². The fourth-order valence-electron chi connectivity index (χ4n) is 2.82. The van der Waals surface area contributed by atoms with Gasteiger partial charge in [-0.1, -0.05) is 50.9 Å². The normalized spacial score (nSPS) is 10.8. The molecular weight excluding hydrogens is 521 g/mol. The first kappa shape index (κ1) is 21.8. The molecule has 0 aliphatic heterocycles. The minimum Gasteiger partial charge on any atom is -0.325 e. The summed E-state index contributed by atoms with van der Waals surface area (Å²) in [6, 6.07) is 16.4. The maximum absolute atomic E-state index is 12.5. The van der Waals surface area contributed by atoms with Crippen LogP contribution >= 0.6 is 50.9 Å². The van der Waals surface area contributed by atoms with Crippen molar-refractivity contribution in [2.24, 2.45) is 0 Å². The van der Waals surface area contributed by atoms with Crippen LogP contribution in [-0.4, -0.2) is 31.4 Å². The van der Waals surface area contributed by atoms with Crippen LogP contribution in [0.3, 0.4) is 0 Å². The van der Waals surface area contributed by atoms with Gasteiger partial charge in [-0.2, -0.15) is 0 Å². The molecule has 0 aliphatic rings. The molecular formula is C21H14BrCl2N5OS. The first-order valence-electron chi connectivity index (χ1n) is 9.00. The van der Waals surface area contributed by atoms with E-state index in [0.717, 1.165) is 15.7 Å². The third kappa shape index (κ3) is 5.46. The molecule has 1 amide bonds. The molecule has 0 atom stereocenters. The smallest absolute Gasteiger partial charge is 0.234 e. The zero-order chi connectivity index (χ0) is 21.8. The van der Waals surface area contributed by atoms with Gasteiger partial charge in [-0.25, -0.2) is 0 Å². The van der Waals surface area contributed by atoms with Crippen molar-refractivity contribution in [3.05, 3.63) is 81.5 Å². The molecule has 0 spiro atoms. The summed E-state index contributed by atoms with van der Waals surface area (Å²) < 4.78 is 2.86. The molecule has 156 valence electrons. The van der Waals surface area contributed by atoms with Crippen LogP contribution in [0.25, 0.3) is 17.1 Å². The summed E-state index contributed by atoms with van der Waals surface area (Å²) in [5.74, 6) is 0.558. The Balaban J connectivity index is 1.58. The maximum Gasteiger partial charge on any atom is 0.234 e. The van der Waals surface area contributed by atoms with Gasteiger partial charge in [-0.15, -0.1) is 10.2 Å². The highest BCUT2D eigenvalue weighted by molar-refractivity contribution is 9.10. The molecule has 0 saturated heterocycles. The molecule has 2 aromatic heterocycles. The lowest BCUT2D eigenvalue weighted by Gasteiger charge is -2.11. The predicted octanol–water partition coefficient (Wildman–Crippen LogP) is 6.13. The van der Waals surface area contributed by atoms with Gasteiger partial charge in [0, 0.05) is 43.8 Å². The molecule has 31 heavy (non-hydrogen) atoms. The van der Waals surface area contributed by atoms with E-state index in [2.05, 4.69) is 36.4 Å². The summed E-state index contributed by atoms with van der Waals surface area (Å²) in [6.07, 6.45) is 3.43. The van der Waals surface area contributed by atoms with Gasteiger partial charge in [0.2, 0.25) is 5.91 Å². The summed E-state index contributed by atoms with van der Waals surface area (Å²) in [5, 5.41) is 12.9. The molecule has 10 heteroatoms. The van der Waals surface area contributed by atoms with Crippen molar-refractivity contribution in [3.63, 3.8) is 0 Å². The molecule has 0 radical (unpaired) electrons. The lowest BCUT2D eigenvalue weighted by atomic mass is 10.2. The molecule has 1 N–H and O–H groups in total. The molecule has 6 nitrogen and oxygen atoms in total. The number of carbonyl (C=O) groups excluding carboxylic acids is 1. The van der Waals surface area contributed by atoms with Crippen molar-refractivity contribution >= 4 is 62.5 Å². The van der Waals surface area contributed by atoms with Gasteiger partial charge < -0.3 is 5.32 Å². The van der Waals surface area contributed by atoms with E-state index in [0.29, 0.717) is 26.7 Å². The summed E-state index contributed by atoms with van der Waals surface area (Å²) >= 11 is 16.7. The zero-order valence-electron chi connectivity index (χ0n) is 15.8. The second kappa shape index (κ2) is 9.82. The fourth-order valence-corrected chi connectivity index (χ4v) is 4.36. The van der Waals surface area contributed by atoms with Gasteiger partial charge >= 0.3 is 0 Å². The van der Waals surface area contributed by atoms with Gasteiger partial charge in [0.15, 0.2) is 11.0 Å². The number of thioether (sulfide) groups is 1. The number of pyridine rings is 1.